The molecule has 1 aliphatic rings. The molecular weight excluding hydrogens is 502 g/mol. The third-order valence-corrected chi connectivity index (χ3v) is 9.48. The number of nitrogens with one attached hydrogen (secondary N) is 1. The fourth-order valence-corrected chi connectivity index (χ4v) is 5.05. The van der Waals surface area contributed by atoms with Crippen LogP contribution in [0.25, 0.3) is 11.1 Å². The lowest BCUT2D eigenvalue weighted by atomic mass is 9.98. The lowest BCUT2D eigenvalue weighted by Crippen LogP contribution is -2.39. The Morgan fingerprint density at radius 2 is 1.76 bits per heavy atom. The summed E-state index contributed by atoms with van der Waals surface area (Å²) >= 11 is 0. The van der Waals surface area contributed by atoms with E-state index in [1.54, 1.807) is 55.8 Å². The first-order chi connectivity index (χ1) is 17.9. The van der Waals surface area contributed by atoms with Crippen molar-refractivity contribution in [2.75, 3.05) is 37.5 Å². The van der Waals surface area contributed by atoms with Crippen molar-refractivity contribution in [1.82, 2.24) is 9.88 Å². The molecule has 202 valence electrons. The van der Waals surface area contributed by atoms with Gasteiger partial charge in [-0.25, -0.2) is 8.42 Å². The molecule has 0 unspecified atom stereocenters. The van der Waals surface area contributed by atoms with Crippen molar-refractivity contribution in [2.45, 2.75) is 32.1 Å². The summed E-state index contributed by atoms with van der Waals surface area (Å²) in [6.07, 6.45) is 1.20. The van der Waals surface area contributed by atoms with Crippen LogP contribution in [-0.2, 0) is 32.9 Å². The van der Waals surface area contributed by atoms with E-state index in [0.29, 0.717) is 24.3 Å². The van der Waals surface area contributed by atoms with Gasteiger partial charge in [0.15, 0.2) is 9.84 Å². The molecule has 3 aromatic rings. The van der Waals surface area contributed by atoms with Gasteiger partial charge in [0.05, 0.1) is 18.0 Å². The fourth-order valence-electron chi connectivity index (χ4n) is 4.50. The third-order valence-electron chi connectivity index (χ3n) is 7.39. The van der Waals surface area contributed by atoms with Crippen molar-refractivity contribution in [3.05, 3.63) is 87.2 Å². The zero-order valence-corrected chi connectivity index (χ0v) is 23.4. The lowest BCUT2D eigenvalue weighted by Gasteiger charge is -2.30. The van der Waals surface area contributed by atoms with Gasteiger partial charge in [0.2, 0.25) is 0 Å². The number of hydrogen-bond donors (Lipinski definition) is 1. The SMILES string of the molecule is Cc1ccc(CNC(=O)c2cccc(C(C)(C)S(C)(=O)=O)c2)cc1-c1cc(N2CCOCC2)n(C)c(=O)c1. The van der Waals surface area contributed by atoms with Gasteiger partial charge in [-0.15, -0.1) is 0 Å². The highest BCUT2D eigenvalue weighted by molar-refractivity contribution is 7.91. The second-order valence-corrected chi connectivity index (χ2v) is 12.9. The highest BCUT2D eigenvalue weighted by atomic mass is 32.2. The molecule has 8 nitrogen and oxygen atoms in total. The first-order valence-corrected chi connectivity index (χ1v) is 14.5. The molecule has 0 radical (unpaired) electrons. The minimum absolute atomic E-state index is 0.0843. The van der Waals surface area contributed by atoms with Crippen LogP contribution in [0, 0.1) is 6.92 Å². The summed E-state index contributed by atoms with van der Waals surface area (Å²) in [4.78, 5) is 27.9. The van der Waals surface area contributed by atoms with E-state index in [-0.39, 0.29) is 18.0 Å². The van der Waals surface area contributed by atoms with E-state index >= 15 is 0 Å². The molecule has 2 aromatic carbocycles. The monoisotopic (exact) mass is 537 g/mol. The van der Waals surface area contributed by atoms with Crippen molar-refractivity contribution >= 4 is 21.6 Å². The second-order valence-electron chi connectivity index (χ2n) is 10.3. The molecule has 2 heterocycles. The third kappa shape index (κ3) is 5.68. The largest absolute Gasteiger partial charge is 0.378 e. The first-order valence-electron chi connectivity index (χ1n) is 12.6. The summed E-state index contributed by atoms with van der Waals surface area (Å²) in [5, 5.41) is 2.94. The van der Waals surface area contributed by atoms with E-state index in [1.807, 2.05) is 31.2 Å². The van der Waals surface area contributed by atoms with Gasteiger partial charge in [0.25, 0.3) is 11.5 Å². The van der Waals surface area contributed by atoms with Crippen molar-refractivity contribution in [3.63, 3.8) is 0 Å². The number of ether oxygens (including phenoxy) is 1. The van der Waals surface area contributed by atoms with Crippen LogP contribution in [0.5, 0.6) is 0 Å². The Hall–Kier alpha value is -3.43. The van der Waals surface area contributed by atoms with Gasteiger partial charge in [-0.05, 0) is 72.9 Å². The maximum atomic E-state index is 13.0. The number of anilines is 1. The molecule has 0 atom stereocenters. The number of morpholine rings is 1. The standard InChI is InChI=1S/C29H35N3O5S/c1-20-9-10-21(19-30-28(34)22-7-6-8-24(16-22)29(2,3)38(5,35)36)15-25(20)23-17-26(31(4)27(33)18-23)32-11-13-37-14-12-32/h6-10,15-18H,11-14,19H2,1-5H3,(H,30,34). The number of aromatic nitrogens is 1. The van der Waals surface area contributed by atoms with Crippen LogP contribution in [-0.4, -0.2) is 51.5 Å². The summed E-state index contributed by atoms with van der Waals surface area (Å²) < 4.78 is 30.5. The van der Waals surface area contributed by atoms with Gasteiger partial charge < -0.3 is 15.0 Å². The van der Waals surface area contributed by atoms with Crippen molar-refractivity contribution < 1.29 is 17.9 Å². The number of carbonyl (C=O) groups excluding carboxylic acids is 1. The van der Waals surface area contributed by atoms with Crippen molar-refractivity contribution in [1.29, 1.82) is 0 Å². The maximum absolute atomic E-state index is 13.0. The number of pyridine rings is 1. The molecule has 0 bridgehead atoms. The molecule has 0 spiro atoms. The Kier molecular flexibility index (Phi) is 7.80. The van der Waals surface area contributed by atoms with Crippen molar-refractivity contribution in [3.8, 4) is 11.1 Å². The fraction of sp³-hybridized carbons (Fsp3) is 0.379. The molecule has 1 amide bonds. The number of amides is 1. The van der Waals surface area contributed by atoms with E-state index in [4.69, 9.17) is 4.74 Å². The quantitative estimate of drug-likeness (QED) is 0.496. The Bertz CT molecular complexity index is 1520. The maximum Gasteiger partial charge on any atom is 0.252 e. The van der Waals surface area contributed by atoms with Gasteiger partial charge in [-0.1, -0.05) is 24.3 Å². The van der Waals surface area contributed by atoms with Gasteiger partial charge >= 0.3 is 0 Å². The van der Waals surface area contributed by atoms with Gasteiger partial charge in [-0.2, -0.15) is 0 Å². The summed E-state index contributed by atoms with van der Waals surface area (Å²) in [6.45, 7) is 8.26. The smallest absolute Gasteiger partial charge is 0.252 e. The van der Waals surface area contributed by atoms with Crippen LogP contribution >= 0.6 is 0 Å². The van der Waals surface area contributed by atoms with Crippen LogP contribution in [0.2, 0.25) is 0 Å². The molecule has 1 N–H and O–H groups in total. The predicted octanol–water partition coefficient (Wildman–Crippen LogP) is 3.41. The first kappa shape index (κ1) is 27.6. The summed E-state index contributed by atoms with van der Waals surface area (Å²) in [5.41, 5.74) is 4.55. The Balaban J connectivity index is 1.56. The van der Waals surface area contributed by atoms with Gasteiger partial charge in [0, 0.05) is 44.6 Å². The molecule has 9 heteroatoms. The Morgan fingerprint density at radius 3 is 2.45 bits per heavy atom. The highest BCUT2D eigenvalue weighted by Crippen LogP contribution is 2.30. The number of carbonyl (C=O) groups is 1. The minimum atomic E-state index is -3.37. The molecule has 1 fully saturated rings. The van der Waals surface area contributed by atoms with Gasteiger partial charge in [-0.3, -0.25) is 14.2 Å². The van der Waals surface area contributed by atoms with Gasteiger partial charge in [0.1, 0.15) is 5.82 Å². The number of hydrogen-bond acceptors (Lipinski definition) is 6. The molecule has 1 aromatic heterocycles. The van der Waals surface area contributed by atoms with E-state index < -0.39 is 14.6 Å². The average Bonchev–Trinajstić information content (AvgIpc) is 2.89. The van der Waals surface area contributed by atoms with Crippen LogP contribution in [0.3, 0.4) is 0 Å². The number of sulfone groups is 1. The average molecular weight is 538 g/mol. The minimum Gasteiger partial charge on any atom is -0.378 e. The molecule has 0 saturated carbocycles. The van der Waals surface area contributed by atoms with Crippen LogP contribution in [0.15, 0.2) is 59.4 Å². The second kappa shape index (κ2) is 10.7. The van der Waals surface area contributed by atoms with Crippen LogP contribution in [0.1, 0.15) is 40.9 Å². The van der Waals surface area contributed by atoms with E-state index in [1.165, 1.54) is 6.26 Å². The number of aryl methyl sites for hydroxylation is 1. The van der Waals surface area contributed by atoms with Crippen molar-refractivity contribution in [2.24, 2.45) is 7.05 Å². The zero-order valence-electron chi connectivity index (χ0n) is 22.6. The van der Waals surface area contributed by atoms with Crippen LogP contribution in [0.4, 0.5) is 5.82 Å². The van der Waals surface area contributed by atoms with E-state index in [0.717, 1.165) is 41.2 Å². The van der Waals surface area contributed by atoms with Crippen LogP contribution < -0.4 is 15.8 Å². The molecule has 38 heavy (non-hydrogen) atoms. The zero-order chi connectivity index (χ0) is 27.7. The number of rotatable bonds is 7. The normalized spacial score (nSPS) is 14.4. The summed E-state index contributed by atoms with van der Waals surface area (Å²) in [6, 6.07) is 16.3. The highest BCUT2D eigenvalue weighted by Gasteiger charge is 2.32. The Labute approximate surface area is 224 Å². The summed E-state index contributed by atoms with van der Waals surface area (Å²) in [5.74, 6) is 0.562. The molecule has 1 aliphatic heterocycles. The molecule has 1 saturated heterocycles. The summed E-state index contributed by atoms with van der Waals surface area (Å²) in [7, 11) is -1.59. The molecule has 4 rings (SSSR count). The topological polar surface area (TPSA) is 97.7 Å². The number of benzene rings is 2. The molecular formula is C29H35N3O5S. The molecule has 0 aliphatic carbocycles. The van der Waals surface area contributed by atoms with E-state index in [2.05, 4.69) is 10.2 Å². The number of nitrogens with zero attached hydrogens (tertiary/aromatic N) is 2. The van der Waals surface area contributed by atoms with E-state index in [9.17, 15) is 18.0 Å². The lowest BCUT2D eigenvalue weighted by molar-refractivity contribution is 0.0950. The predicted molar refractivity (Wildman–Crippen MR) is 150 cm³/mol. The Morgan fingerprint density at radius 1 is 1.05 bits per heavy atom.